The molecule has 3 N–H and O–H groups in total. The minimum atomic E-state index is -0.735. The fraction of sp³-hybridized carbons (Fsp3) is 0.533. The Hall–Kier alpha value is -1.43. The van der Waals surface area contributed by atoms with Crippen LogP contribution in [0.25, 0.3) is 0 Å². The third-order valence-electron chi connectivity index (χ3n) is 3.69. The molecule has 0 unspecified atom stereocenters. The lowest BCUT2D eigenvalue weighted by Gasteiger charge is -2.43. The van der Waals surface area contributed by atoms with Crippen LogP contribution in [0.4, 0.5) is 0 Å². The standard InChI is InChI=1S/C15H22N2O3/c1-2-20-11-14(19)17-15(8-9-16-10-13(15)18)12-6-4-3-5-7-12/h3-7,13,16,18H,2,8-11H2,1H3,(H,17,19)/t13-,15+/m1/s1. The van der Waals surface area contributed by atoms with Gasteiger partial charge in [-0.25, -0.2) is 0 Å². The van der Waals surface area contributed by atoms with Crippen molar-refractivity contribution >= 4 is 5.91 Å². The molecular weight excluding hydrogens is 256 g/mol. The highest BCUT2D eigenvalue weighted by Gasteiger charge is 2.42. The highest BCUT2D eigenvalue weighted by Crippen LogP contribution is 2.30. The molecule has 2 atom stereocenters. The van der Waals surface area contributed by atoms with Crippen molar-refractivity contribution in [2.45, 2.75) is 25.0 Å². The number of aliphatic hydroxyl groups excluding tert-OH is 1. The quantitative estimate of drug-likeness (QED) is 0.728. The highest BCUT2D eigenvalue weighted by molar-refractivity contribution is 5.78. The molecule has 0 aromatic heterocycles. The predicted molar refractivity (Wildman–Crippen MR) is 76.2 cm³/mol. The largest absolute Gasteiger partial charge is 0.389 e. The number of hydrogen-bond acceptors (Lipinski definition) is 4. The van der Waals surface area contributed by atoms with Crippen LogP contribution in [0, 0.1) is 0 Å². The maximum Gasteiger partial charge on any atom is 0.246 e. The average Bonchev–Trinajstić information content (AvgIpc) is 2.48. The van der Waals surface area contributed by atoms with Gasteiger partial charge in [0.05, 0.1) is 11.6 Å². The lowest BCUT2D eigenvalue weighted by atomic mass is 9.79. The molecule has 20 heavy (non-hydrogen) atoms. The Morgan fingerprint density at radius 1 is 1.50 bits per heavy atom. The van der Waals surface area contributed by atoms with E-state index in [1.165, 1.54) is 0 Å². The average molecular weight is 278 g/mol. The normalized spacial score (nSPS) is 26.2. The Kier molecular flexibility index (Phi) is 5.11. The van der Waals surface area contributed by atoms with Gasteiger partial charge in [0.15, 0.2) is 0 Å². The minimum absolute atomic E-state index is 0.0191. The number of nitrogens with one attached hydrogen (secondary N) is 2. The van der Waals surface area contributed by atoms with Gasteiger partial charge in [0.1, 0.15) is 6.61 Å². The number of aliphatic hydroxyl groups is 1. The van der Waals surface area contributed by atoms with Gasteiger partial charge in [-0.2, -0.15) is 0 Å². The minimum Gasteiger partial charge on any atom is -0.389 e. The fourth-order valence-electron chi connectivity index (χ4n) is 2.64. The second-order valence-electron chi connectivity index (χ2n) is 4.99. The van der Waals surface area contributed by atoms with Crippen LogP contribution in [-0.2, 0) is 15.1 Å². The van der Waals surface area contributed by atoms with E-state index in [0.717, 1.165) is 12.1 Å². The maximum atomic E-state index is 12.0. The summed E-state index contributed by atoms with van der Waals surface area (Å²) in [5.74, 6) is -0.198. The number of carbonyl (C=O) groups is 1. The summed E-state index contributed by atoms with van der Waals surface area (Å²) in [5, 5.41) is 16.6. The second-order valence-corrected chi connectivity index (χ2v) is 4.99. The molecule has 0 saturated carbocycles. The Bertz CT molecular complexity index is 438. The summed E-state index contributed by atoms with van der Waals surface area (Å²) in [4.78, 5) is 12.0. The van der Waals surface area contributed by atoms with Gasteiger partial charge < -0.3 is 20.5 Å². The molecular formula is C15H22N2O3. The molecule has 1 aliphatic rings. The number of β-amino-alcohol motifs (C(OH)–C–C–N with tert-alkyl or cyclic N) is 1. The maximum absolute atomic E-state index is 12.0. The van der Waals surface area contributed by atoms with Crippen LogP contribution in [0.2, 0.25) is 0 Å². The Labute approximate surface area is 119 Å². The van der Waals surface area contributed by atoms with E-state index in [9.17, 15) is 9.90 Å². The van der Waals surface area contributed by atoms with Crippen LogP contribution < -0.4 is 10.6 Å². The topological polar surface area (TPSA) is 70.6 Å². The molecule has 0 bridgehead atoms. The van der Waals surface area contributed by atoms with Crippen molar-refractivity contribution in [1.29, 1.82) is 0 Å². The van der Waals surface area contributed by atoms with Crippen LogP contribution in [0.1, 0.15) is 18.9 Å². The summed E-state index contributed by atoms with van der Waals surface area (Å²) in [6.07, 6.45) is -0.0139. The predicted octanol–water partition coefficient (Wildman–Crippen LogP) is 0.389. The lowest BCUT2D eigenvalue weighted by molar-refractivity contribution is -0.130. The smallest absolute Gasteiger partial charge is 0.246 e. The molecule has 0 spiro atoms. The number of rotatable bonds is 5. The molecule has 0 aliphatic carbocycles. The first-order chi connectivity index (χ1) is 9.69. The molecule has 110 valence electrons. The second kappa shape index (κ2) is 6.83. The van der Waals surface area contributed by atoms with Crippen molar-refractivity contribution in [2.24, 2.45) is 0 Å². The number of benzene rings is 1. The summed E-state index contributed by atoms with van der Waals surface area (Å²) in [6.45, 7) is 3.57. The van der Waals surface area contributed by atoms with Crippen LogP contribution >= 0.6 is 0 Å². The van der Waals surface area contributed by atoms with Crippen molar-refractivity contribution in [3.8, 4) is 0 Å². The number of ether oxygens (including phenoxy) is 1. The van der Waals surface area contributed by atoms with Crippen LogP contribution in [0.15, 0.2) is 30.3 Å². The van der Waals surface area contributed by atoms with Gasteiger partial charge in [0.25, 0.3) is 0 Å². The van der Waals surface area contributed by atoms with Gasteiger partial charge in [0.2, 0.25) is 5.91 Å². The van der Waals surface area contributed by atoms with E-state index in [0.29, 0.717) is 19.6 Å². The van der Waals surface area contributed by atoms with Crippen LogP contribution in [0.3, 0.4) is 0 Å². The monoisotopic (exact) mass is 278 g/mol. The molecule has 0 radical (unpaired) electrons. The molecule has 1 heterocycles. The Morgan fingerprint density at radius 2 is 2.25 bits per heavy atom. The summed E-state index contributed by atoms with van der Waals surface area (Å²) in [6, 6.07) is 9.64. The molecule has 5 nitrogen and oxygen atoms in total. The molecule has 1 amide bonds. The highest BCUT2D eigenvalue weighted by atomic mass is 16.5. The van der Waals surface area contributed by atoms with Gasteiger partial charge in [-0.1, -0.05) is 30.3 Å². The molecule has 2 rings (SSSR count). The van der Waals surface area contributed by atoms with Gasteiger partial charge in [-0.15, -0.1) is 0 Å². The number of carbonyl (C=O) groups excluding carboxylic acids is 1. The Balaban J connectivity index is 2.22. The van der Waals surface area contributed by atoms with Crippen molar-refractivity contribution in [3.05, 3.63) is 35.9 Å². The zero-order valence-electron chi connectivity index (χ0n) is 11.8. The zero-order valence-corrected chi connectivity index (χ0v) is 11.8. The van der Waals surface area contributed by atoms with Crippen molar-refractivity contribution in [1.82, 2.24) is 10.6 Å². The third-order valence-corrected chi connectivity index (χ3v) is 3.69. The first-order valence-corrected chi connectivity index (χ1v) is 7.02. The van der Waals surface area contributed by atoms with E-state index in [2.05, 4.69) is 10.6 Å². The van der Waals surface area contributed by atoms with Crippen molar-refractivity contribution in [3.63, 3.8) is 0 Å². The number of piperidine rings is 1. The lowest BCUT2D eigenvalue weighted by Crippen LogP contribution is -2.61. The summed E-state index contributed by atoms with van der Waals surface area (Å²) >= 11 is 0. The summed E-state index contributed by atoms with van der Waals surface area (Å²) in [5.41, 5.74) is 0.194. The van der Waals surface area contributed by atoms with E-state index in [-0.39, 0.29) is 12.5 Å². The van der Waals surface area contributed by atoms with E-state index >= 15 is 0 Å². The van der Waals surface area contributed by atoms with Gasteiger partial charge in [0, 0.05) is 13.2 Å². The molecule has 1 saturated heterocycles. The van der Waals surface area contributed by atoms with E-state index in [1.54, 1.807) is 0 Å². The van der Waals surface area contributed by atoms with E-state index in [1.807, 2.05) is 37.3 Å². The SMILES string of the molecule is CCOCC(=O)N[C@]1(c2ccccc2)CCNC[C@H]1O. The first-order valence-electron chi connectivity index (χ1n) is 7.02. The Morgan fingerprint density at radius 3 is 2.90 bits per heavy atom. The summed E-state index contributed by atoms with van der Waals surface area (Å²) in [7, 11) is 0. The number of amides is 1. The van der Waals surface area contributed by atoms with Crippen molar-refractivity contribution in [2.75, 3.05) is 26.3 Å². The zero-order chi connectivity index (χ0) is 14.4. The molecule has 1 aliphatic heterocycles. The summed E-state index contributed by atoms with van der Waals surface area (Å²) < 4.78 is 5.14. The van der Waals surface area contributed by atoms with E-state index in [4.69, 9.17) is 4.74 Å². The molecule has 5 heteroatoms. The van der Waals surface area contributed by atoms with Gasteiger partial charge in [-0.3, -0.25) is 4.79 Å². The molecule has 1 fully saturated rings. The third kappa shape index (κ3) is 3.17. The fourth-order valence-corrected chi connectivity index (χ4v) is 2.64. The van der Waals surface area contributed by atoms with Gasteiger partial charge in [-0.05, 0) is 25.5 Å². The van der Waals surface area contributed by atoms with Crippen molar-refractivity contribution < 1.29 is 14.6 Å². The molecule has 1 aromatic rings. The number of hydrogen-bond donors (Lipinski definition) is 3. The molecule has 1 aromatic carbocycles. The van der Waals surface area contributed by atoms with Crippen LogP contribution in [-0.4, -0.2) is 43.4 Å². The van der Waals surface area contributed by atoms with Crippen LogP contribution in [0.5, 0.6) is 0 Å². The van der Waals surface area contributed by atoms with Gasteiger partial charge >= 0.3 is 0 Å². The first kappa shape index (κ1) is 15.0. The van der Waals surface area contributed by atoms with E-state index < -0.39 is 11.6 Å².